The molecule has 0 spiro atoms. The third-order valence-electron chi connectivity index (χ3n) is 5.63. The number of hydrogen-bond acceptors (Lipinski definition) is 6. The first kappa shape index (κ1) is 22.2. The molecule has 3 aromatic heterocycles. The molecule has 9 nitrogen and oxygen atoms in total. The molecule has 0 aliphatic carbocycles. The quantitative estimate of drug-likeness (QED) is 0.621. The number of methoxy groups -OCH3 is 1. The third kappa shape index (κ3) is 4.21. The first-order valence-corrected chi connectivity index (χ1v) is 10.0. The average molecular weight is 425 g/mol. The van der Waals surface area contributed by atoms with Crippen molar-refractivity contribution in [1.29, 1.82) is 0 Å². The van der Waals surface area contributed by atoms with Crippen LogP contribution in [0.3, 0.4) is 0 Å². The number of nitrogens with two attached hydrogens (primary N) is 1. The van der Waals surface area contributed by atoms with Gasteiger partial charge < -0.3 is 15.4 Å². The number of carbonyl (C=O) groups excluding carboxylic acids is 2. The number of rotatable bonds is 7. The van der Waals surface area contributed by atoms with Gasteiger partial charge in [-0.25, -0.2) is 9.50 Å². The van der Waals surface area contributed by atoms with Crippen LogP contribution in [0.25, 0.3) is 5.65 Å². The van der Waals surface area contributed by atoms with Crippen molar-refractivity contribution in [3.63, 3.8) is 0 Å². The molecule has 164 valence electrons. The smallest absolute Gasteiger partial charge is 0.254 e. The van der Waals surface area contributed by atoms with Gasteiger partial charge in [-0.05, 0) is 39.7 Å². The van der Waals surface area contributed by atoms with Crippen LogP contribution in [-0.2, 0) is 17.8 Å². The summed E-state index contributed by atoms with van der Waals surface area (Å²) in [7, 11) is 3.40. The van der Waals surface area contributed by atoms with Crippen molar-refractivity contribution in [1.82, 2.24) is 24.5 Å². The molecule has 0 saturated carbocycles. The van der Waals surface area contributed by atoms with E-state index in [1.165, 1.54) is 6.20 Å². The number of hydrogen-bond donors (Lipinski definition) is 1. The summed E-state index contributed by atoms with van der Waals surface area (Å²) in [5.41, 5.74) is 11.3. The SMILES string of the molecule is COc1c(C)cnc(CN(C)C(=O)CCc2c(C)nc3c(C(N)=O)cnn3c2C)c1C. The number of ether oxygens (including phenoxy) is 1. The summed E-state index contributed by atoms with van der Waals surface area (Å²) in [4.78, 5) is 35.0. The lowest BCUT2D eigenvalue weighted by Gasteiger charge is -2.20. The third-order valence-corrected chi connectivity index (χ3v) is 5.63. The van der Waals surface area contributed by atoms with Crippen LogP contribution in [0.1, 0.15) is 50.6 Å². The highest BCUT2D eigenvalue weighted by Gasteiger charge is 2.19. The fourth-order valence-electron chi connectivity index (χ4n) is 3.81. The molecule has 0 fully saturated rings. The van der Waals surface area contributed by atoms with Crippen molar-refractivity contribution < 1.29 is 14.3 Å². The maximum absolute atomic E-state index is 12.8. The summed E-state index contributed by atoms with van der Waals surface area (Å²) < 4.78 is 7.05. The Bertz CT molecular complexity index is 1170. The fourth-order valence-corrected chi connectivity index (χ4v) is 3.81. The first-order valence-electron chi connectivity index (χ1n) is 10.0. The molecule has 3 heterocycles. The number of pyridine rings is 1. The first-order chi connectivity index (χ1) is 14.6. The molecular formula is C22H28N6O3. The monoisotopic (exact) mass is 424 g/mol. The van der Waals surface area contributed by atoms with E-state index in [0.717, 1.165) is 39.5 Å². The molecule has 0 unspecified atom stereocenters. The largest absolute Gasteiger partial charge is 0.496 e. The molecule has 0 aliphatic rings. The molecule has 0 aromatic carbocycles. The molecule has 9 heteroatoms. The zero-order valence-electron chi connectivity index (χ0n) is 18.8. The summed E-state index contributed by atoms with van der Waals surface area (Å²) in [6.45, 7) is 8.05. The lowest BCUT2D eigenvalue weighted by atomic mass is 10.1. The Hall–Kier alpha value is -3.49. The lowest BCUT2D eigenvalue weighted by molar-refractivity contribution is -0.130. The van der Waals surface area contributed by atoms with Gasteiger partial charge in [0.1, 0.15) is 11.3 Å². The van der Waals surface area contributed by atoms with E-state index in [0.29, 0.717) is 25.0 Å². The van der Waals surface area contributed by atoms with Gasteiger partial charge in [0.15, 0.2) is 5.65 Å². The van der Waals surface area contributed by atoms with Crippen LogP contribution < -0.4 is 10.5 Å². The number of amides is 2. The van der Waals surface area contributed by atoms with Crippen LogP contribution in [0.5, 0.6) is 5.75 Å². The van der Waals surface area contributed by atoms with Crippen molar-refractivity contribution in [2.45, 2.75) is 47.1 Å². The van der Waals surface area contributed by atoms with Crippen LogP contribution in [0.15, 0.2) is 12.4 Å². The van der Waals surface area contributed by atoms with E-state index in [4.69, 9.17) is 10.5 Å². The van der Waals surface area contributed by atoms with E-state index >= 15 is 0 Å². The maximum atomic E-state index is 12.8. The van der Waals surface area contributed by atoms with Crippen molar-refractivity contribution in [2.75, 3.05) is 14.2 Å². The summed E-state index contributed by atoms with van der Waals surface area (Å²) in [5, 5.41) is 4.23. The molecule has 0 aliphatic heterocycles. The molecule has 0 atom stereocenters. The molecule has 3 aromatic rings. The van der Waals surface area contributed by atoms with Crippen LogP contribution in [0.4, 0.5) is 0 Å². The average Bonchev–Trinajstić information content (AvgIpc) is 3.14. The highest BCUT2D eigenvalue weighted by atomic mass is 16.5. The topological polar surface area (TPSA) is 116 Å². The summed E-state index contributed by atoms with van der Waals surface area (Å²) in [6, 6.07) is 0. The minimum absolute atomic E-state index is 0.00192. The highest BCUT2D eigenvalue weighted by molar-refractivity contribution is 5.98. The minimum Gasteiger partial charge on any atom is -0.496 e. The zero-order chi connectivity index (χ0) is 22.9. The van der Waals surface area contributed by atoms with E-state index in [1.807, 2.05) is 27.7 Å². The van der Waals surface area contributed by atoms with Crippen molar-refractivity contribution in [3.8, 4) is 5.75 Å². The predicted octanol–water partition coefficient (Wildman–Crippen LogP) is 2.06. The number of fused-ring (bicyclic) bond motifs is 1. The molecule has 3 rings (SSSR count). The van der Waals surface area contributed by atoms with Crippen molar-refractivity contribution in [2.24, 2.45) is 5.73 Å². The van der Waals surface area contributed by atoms with Crippen molar-refractivity contribution in [3.05, 3.63) is 51.7 Å². The van der Waals surface area contributed by atoms with Crippen LogP contribution in [0.2, 0.25) is 0 Å². The summed E-state index contributed by atoms with van der Waals surface area (Å²) in [5.74, 6) is 0.228. The van der Waals surface area contributed by atoms with Gasteiger partial charge in [-0.1, -0.05) is 0 Å². The highest BCUT2D eigenvalue weighted by Crippen LogP contribution is 2.25. The van der Waals surface area contributed by atoms with Gasteiger partial charge in [-0.2, -0.15) is 5.10 Å². The second-order valence-electron chi connectivity index (χ2n) is 7.72. The van der Waals surface area contributed by atoms with E-state index in [-0.39, 0.29) is 11.5 Å². The molecule has 2 amide bonds. The maximum Gasteiger partial charge on any atom is 0.254 e. The molecule has 0 bridgehead atoms. The molecule has 2 N–H and O–H groups in total. The van der Waals surface area contributed by atoms with E-state index in [2.05, 4.69) is 15.1 Å². The molecule has 31 heavy (non-hydrogen) atoms. The predicted molar refractivity (Wildman–Crippen MR) is 116 cm³/mol. The second-order valence-corrected chi connectivity index (χ2v) is 7.72. The Morgan fingerprint density at radius 1 is 1.19 bits per heavy atom. The Labute approximate surface area is 181 Å². The number of aryl methyl sites for hydroxylation is 3. The molecule has 0 saturated heterocycles. The van der Waals surface area contributed by atoms with E-state index in [9.17, 15) is 9.59 Å². The van der Waals surface area contributed by atoms with Crippen LogP contribution in [0, 0.1) is 27.7 Å². The Balaban J connectivity index is 1.75. The lowest BCUT2D eigenvalue weighted by Crippen LogP contribution is -2.27. The van der Waals surface area contributed by atoms with E-state index in [1.54, 1.807) is 29.8 Å². The van der Waals surface area contributed by atoms with Crippen molar-refractivity contribution >= 4 is 17.5 Å². The van der Waals surface area contributed by atoms with Gasteiger partial charge in [0, 0.05) is 42.2 Å². The Morgan fingerprint density at radius 3 is 2.55 bits per heavy atom. The number of nitrogens with zero attached hydrogens (tertiary/aromatic N) is 5. The van der Waals surface area contributed by atoms with Gasteiger partial charge in [0.25, 0.3) is 5.91 Å². The van der Waals surface area contributed by atoms with E-state index < -0.39 is 5.91 Å². The normalized spacial score (nSPS) is 11.0. The number of aromatic nitrogens is 4. The number of carbonyl (C=O) groups is 2. The standard InChI is InChI=1S/C22H28N6O3/c1-12-9-24-18(13(2)20(12)31-6)11-27(5)19(29)8-7-16-14(3)26-22-17(21(23)30)10-25-28(22)15(16)4/h9-10H,7-8,11H2,1-6H3,(H2,23,30). The Kier molecular flexibility index (Phi) is 6.24. The molecular weight excluding hydrogens is 396 g/mol. The Morgan fingerprint density at radius 2 is 1.90 bits per heavy atom. The van der Waals surface area contributed by atoms with Crippen LogP contribution in [-0.4, -0.2) is 50.5 Å². The van der Waals surface area contributed by atoms with Crippen LogP contribution >= 0.6 is 0 Å². The molecule has 0 radical (unpaired) electrons. The summed E-state index contributed by atoms with van der Waals surface area (Å²) >= 11 is 0. The van der Waals surface area contributed by atoms with Gasteiger partial charge >= 0.3 is 0 Å². The van der Waals surface area contributed by atoms with Gasteiger partial charge in [0.2, 0.25) is 5.91 Å². The number of primary amides is 1. The summed E-state index contributed by atoms with van der Waals surface area (Å²) in [6.07, 6.45) is 4.01. The fraction of sp³-hybridized carbons (Fsp3) is 0.409. The van der Waals surface area contributed by atoms with Gasteiger partial charge in [-0.15, -0.1) is 0 Å². The van der Waals surface area contributed by atoms with Gasteiger partial charge in [-0.3, -0.25) is 14.6 Å². The second kappa shape index (κ2) is 8.71. The van der Waals surface area contributed by atoms with Gasteiger partial charge in [0.05, 0.1) is 25.5 Å². The zero-order valence-corrected chi connectivity index (χ0v) is 18.8. The minimum atomic E-state index is -0.567.